The fraction of sp³-hybridized carbons (Fsp3) is 0.840. The van der Waals surface area contributed by atoms with Crippen LogP contribution in [0.5, 0.6) is 0 Å². The quantitative estimate of drug-likeness (QED) is 0.103. The SMILES string of the molecule is [2H]C([2H])([2H])N(CC(=C)OCCCCCCCCCCCCCCCCCC)C(N)=NC(C)=O. The summed E-state index contributed by atoms with van der Waals surface area (Å²) in [4.78, 5) is 15.4. The van der Waals surface area contributed by atoms with Gasteiger partial charge in [0.05, 0.1) is 13.2 Å². The molecule has 0 aliphatic carbocycles. The lowest BCUT2D eigenvalue weighted by Crippen LogP contribution is -2.36. The van der Waals surface area contributed by atoms with Crippen LogP contribution >= 0.6 is 0 Å². The average molecular weight is 427 g/mol. The van der Waals surface area contributed by atoms with Crippen molar-refractivity contribution < 1.29 is 13.6 Å². The van der Waals surface area contributed by atoms with Crippen LogP contribution in [0.1, 0.15) is 121 Å². The van der Waals surface area contributed by atoms with Gasteiger partial charge in [0.1, 0.15) is 5.76 Å². The van der Waals surface area contributed by atoms with Crippen LogP contribution in [0.2, 0.25) is 0 Å². The Bertz CT molecular complexity index is 552. The largest absolute Gasteiger partial charge is 0.497 e. The number of hydrogen-bond acceptors (Lipinski definition) is 2. The topological polar surface area (TPSA) is 67.9 Å². The van der Waals surface area contributed by atoms with Crippen molar-refractivity contribution in [2.75, 3.05) is 20.1 Å². The minimum absolute atomic E-state index is 0.127. The number of nitrogens with zero attached hydrogens (tertiary/aromatic N) is 2. The van der Waals surface area contributed by atoms with Gasteiger partial charge in [0.15, 0.2) is 5.96 Å². The number of carbonyl (C=O) groups excluding carboxylic acids is 1. The van der Waals surface area contributed by atoms with Crippen LogP contribution in [-0.4, -0.2) is 36.9 Å². The summed E-state index contributed by atoms with van der Waals surface area (Å²) in [5.74, 6) is -0.607. The lowest BCUT2D eigenvalue weighted by Gasteiger charge is -2.19. The summed E-state index contributed by atoms with van der Waals surface area (Å²) in [5, 5.41) is 0. The molecule has 0 rings (SSSR count). The molecule has 0 aliphatic heterocycles. The van der Waals surface area contributed by atoms with Crippen molar-refractivity contribution in [3.05, 3.63) is 12.3 Å². The molecule has 5 heteroatoms. The van der Waals surface area contributed by atoms with E-state index in [0.717, 1.165) is 17.7 Å². The fourth-order valence-corrected chi connectivity index (χ4v) is 3.39. The Morgan fingerprint density at radius 2 is 1.33 bits per heavy atom. The second kappa shape index (κ2) is 20.7. The average Bonchev–Trinajstić information content (AvgIpc) is 2.72. The number of carbonyl (C=O) groups is 1. The van der Waals surface area contributed by atoms with Gasteiger partial charge in [-0.3, -0.25) is 4.79 Å². The van der Waals surface area contributed by atoms with Crippen molar-refractivity contribution in [3.8, 4) is 0 Å². The zero-order chi connectivity index (χ0) is 25.0. The molecule has 0 aromatic heterocycles. The molecule has 5 nitrogen and oxygen atoms in total. The number of amides is 1. The maximum atomic E-state index is 11.1. The summed E-state index contributed by atoms with van der Waals surface area (Å²) in [5.41, 5.74) is 5.65. The molecule has 0 radical (unpaired) electrons. The molecule has 0 aromatic carbocycles. The first kappa shape index (κ1) is 23.1. The van der Waals surface area contributed by atoms with Crippen LogP contribution in [0.15, 0.2) is 17.3 Å². The van der Waals surface area contributed by atoms with Crippen molar-refractivity contribution >= 4 is 11.9 Å². The van der Waals surface area contributed by atoms with Crippen LogP contribution in [-0.2, 0) is 9.53 Å². The summed E-state index contributed by atoms with van der Waals surface area (Å²) in [6.45, 7) is 5.10. The Kier molecular flexibility index (Phi) is 16.0. The Balaban J connectivity index is 3.65. The second-order valence-corrected chi connectivity index (χ2v) is 8.27. The molecule has 0 fully saturated rings. The zero-order valence-corrected chi connectivity index (χ0v) is 19.7. The Labute approximate surface area is 190 Å². The highest BCUT2D eigenvalue weighted by Crippen LogP contribution is 2.13. The minimum Gasteiger partial charge on any atom is -0.497 e. The summed E-state index contributed by atoms with van der Waals surface area (Å²) < 4.78 is 28.2. The van der Waals surface area contributed by atoms with Gasteiger partial charge in [0, 0.05) is 18.0 Å². The Morgan fingerprint density at radius 3 is 1.73 bits per heavy atom. The molecule has 0 unspecified atom stereocenters. The summed E-state index contributed by atoms with van der Waals surface area (Å²) in [7, 11) is 0. The van der Waals surface area contributed by atoms with E-state index in [9.17, 15) is 4.79 Å². The van der Waals surface area contributed by atoms with E-state index in [1.807, 2.05) is 0 Å². The van der Waals surface area contributed by atoms with E-state index < -0.39 is 12.9 Å². The van der Waals surface area contributed by atoms with Crippen LogP contribution in [0, 0.1) is 0 Å². The van der Waals surface area contributed by atoms with Crippen LogP contribution < -0.4 is 5.73 Å². The third kappa shape index (κ3) is 19.8. The molecule has 30 heavy (non-hydrogen) atoms. The van der Waals surface area contributed by atoms with Gasteiger partial charge in [-0.25, -0.2) is 0 Å². The molecule has 0 bridgehead atoms. The van der Waals surface area contributed by atoms with Gasteiger partial charge >= 0.3 is 0 Å². The number of nitrogens with two attached hydrogens (primary N) is 1. The lowest BCUT2D eigenvalue weighted by molar-refractivity contribution is -0.115. The van der Waals surface area contributed by atoms with E-state index in [1.165, 1.54) is 96.8 Å². The maximum Gasteiger partial charge on any atom is 0.245 e. The normalized spacial score (nSPS) is 13.4. The van der Waals surface area contributed by atoms with Crippen LogP contribution in [0.4, 0.5) is 0 Å². The van der Waals surface area contributed by atoms with Gasteiger partial charge in [-0.1, -0.05) is 110 Å². The molecule has 2 N–H and O–H groups in total. The first-order valence-electron chi connectivity index (χ1n) is 13.6. The molecular weight excluding hydrogens is 374 g/mol. The van der Waals surface area contributed by atoms with Crippen LogP contribution in [0.25, 0.3) is 0 Å². The number of guanidine groups is 1. The van der Waals surface area contributed by atoms with Crippen molar-refractivity contribution in [1.82, 2.24) is 4.90 Å². The van der Waals surface area contributed by atoms with Gasteiger partial charge in [-0.05, 0) is 6.42 Å². The molecule has 176 valence electrons. The predicted molar refractivity (Wildman–Crippen MR) is 130 cm³/mol. The number of aliphatic imine (C=N–C) groups is 1. The first-order chi connectivity index (χ1) is 15.7. The molecule has 0 saturated carbocycles. The lowest BCUT2D eigenvalue weighted by atomic mass is 10.0. The van der Waals surface area contributed by atoms with E-state index >= 15 is 0 Å². The number of hydrogen-bond donors (Lipinski definition) is 1. The first-order valence-corrected chi connectivity index (χ1v) is 12.1. The summed E-state index contributed by atoms with van der Waals surface area (Å²) in [6.07, 6.45) is 20.9. The molecular formula is C25H49N3O2. The molecule has 0 spiro atoms. The second-order valence-electron chi connectivity index (χ2n) is 8.27. The Hall–Kier alpha value is -1.52. The summed E-state index contributed by atoms with van der Waals surface area (Å²) in [6, 6.07) is 0. The monoisotopic (exact) mass is 426 g/mol. The highest BCUT2D eigenvalue weighted by molar-refractivity contribution is 5.91. The minimum atomic E-state index is -2.52. The summed E-state index contributed by atoms with van der Waals surface area (Å²) >= 11 is 0. The van der Waals surface area contributed by atoms with E-state index in [-0.39, 0.29) is 12.5 Å². The molecule has 1 amide bonds. The highest BCUT2D eigenvalue weighted by Gasteiger charge is 2.06. The molecule has 0 saturated heterocycles. The van der Waals surface area contributed by atoms with Gasteiger partial charge in [-0.2, -0.15) is 4.99 Å². The zero-order valence-electron chi connectivity index (χ0n) is 22.7. The number of rotatable bonds is 20. The fourth-order valence-electron chi connectivity index (χ4n) is 3.39. The van der Waals surface area contributed by atoms with Gasteiger partial charge < -0.3 is 15.4 Å². The van der Waals surface area contributed by atoms with Gasteiger partial charge in [-0.15, -0.1) is 0 Å². The third-order valence-electron chi connectivity index (χ3n) is 5.19. The van der Waals surface area contributed by atoms with Crippen molar-refractivity contribution in [3.63, 3.8) is 0 Å². The number of unbranched alkanes of at least 4 members (excludes halogenated alkanes) is 15. The van der Waals surface area contributed by atoms with Crippen molar-refractivity contribution in [2.45, 2.75) is 117 Å². The highest BCUT2D eigenvalue weighted by atomic mass is 16.5. The standard InChI is InChI=1S/C25H49N3O2/c1-5-6-7-8-9-10-11-12-13-14-15-16-17-18-19-20-21-30-23(2)22-28(4)25(26)27-24(3)29/h2,5-22H2,1,3-4H3,(H2,26,27,29)/i4D3. The van der Waals surface area contributed by atoms with E-state index in [0.29, 0.717) is 12.4 Å². The van der Waals surface area contributed by atoms with Crippen molar-refractivity contribution in [1.29, 1.82) is 0 Å². The molecule has 0 aliphatic rings. The molecule has 0 heterocycles. The smallest absolute Gasteiger partial charge is 0.245 e. The van der Waals surface area contributed by atoms with Gasteiger partial charge in [0.25, 0.3) is 0 Å². The number of likely N-dealkylation sites (N-methyl/N-ethyl adjacent to an activating group) is 1. The van der Waals surface area contributed by atoms with E-state index in [4.69, 9.17) is 14.6 Å². The Morgan fingerprint density at radius 1 is 0.900 bits per heavy atom. The van der Waals surface area contributed by atoms with Gasteiger partial charge in [0.2, 0.25) is 5.91 Å². The van der Waals surface area contributed by atoms with E-state index in [2.05, 4.69) is 18.5 Å². The third-order valence-corrected chi connectivity index (χ3v) is 5.19. The van der Waals surface area contributed by atoms with Crippen molar-refractivity contribution in [2.24, 2.45) is 10.7 Å². The predicted octanol–water partition coefficient (Wildman–Crippen LogP) is 6.57. The van der Waals surface area contributed by atoms with Crippen LogP contribution in [0.3, 0.4) is 0 Å². The molecule has 0 aromatic rings. The molecule has 0 atom stereocenters. The number of ether oxygens (including phenoxy) is 1. The van der Waals surface area contributed by atoms with E-state index in [1.54, 1.807) is 0 Å². The maximum absolute atomic E-state index is 11.1.